The van der Waals surface area contributed by atoms with Gasteiger partial charge in [0.1, 0.15) is 30.0 Å². The van der Waals surface area contributed by atoms with Gasteiger partial charge in [0.05, 0.1) is 53.3 Å². The Morgan fingerprint density at radius 1 is 1.05 bits per heavy atom. The van der Waals surface area contributed by atoms with Crippen LogP contribution < -0.4 is 15.6 Å². The van der Waals surface area contributed by atoms with Crippen LogP contribution in [-0.4, -0.2) is 151 Å². The third kappa shape index (κ3) is 10.9. The average molecular weight is 1030 g/mol. The predicted molar refractivity (Wildman–Crippen MR) is 289 cm³/mol. The molecule has 396 valence electrons. The first-order chi connectivity index (χ1) is 35.5. The van der Waals surface area contributed by atoms with Gasteiger partial charge in [-0.2, -0.15) is 0 Å². The molecule has 4 aliphatic rings. The highest BCUT2D eigenvalue weighted by atomic mass is 32.1. The Bertz CT molecular complexity index is 2820. The van der Waals surface area contributed by atoms with Crippen molar-refractivity contribution < 1.29 is 33.4 Å². The zero-order chi connectivity index (χ0) is 52.5. The van der Waals surface area contributed by atoms with Crippen molar-refractivity contribution >= 4 is 51.9 Å². The van der Waals surface area contributed by atoms with Gasteiger partial charge < -0.3 is 43.6 Å². The lowest BCUT2D eigenvalue weighted by molar-refractivity contribution is -0.150. The van der Waals surface area contributed by atoms with Crippen molar-refractivity contribution in [3.05, 3.63) is 88.0 Å². The van der Waals surface area contributed by atoms with Crippen LogP contribution in [0.4, 0.5) is 5.69 Å². The number of carbonyl (C=O) groups is 4. The van der Waals surface area contributed by atoms with E-state index in [-0.39, 0.29) is 36.9 Å². The normalized spacial score (nSPS) is 23.6. The number of fused-ring (bicyclic) bond motifs is 6. The number of aldehydes is 1. The summed E-state index contributed by atoms with van der Waals surface area (Å²) in [6, 6.07) is 16.7. The van der Waals surface area contributed by atoms with Crippen LogP contribution in [0.3, 0.4) is 0 Å². The van der Waals surface area contributed by atoms with E-state index in [9.17, 15) is 19.2 Å². The Kier molecular flexibility index (Phi) is 16.1. The molecule has 2 N–H and O–H groups in total. The fraction of sp³-hybridized carbons (Fsp3) is 0.544. The topological polar surface area (TPSA) is 164 Å². The van der Waals surface area contributed by atoms with Crippen molar-refractivity contribution in [2.75, 3.05) is 78.6 Å². The van der Waals surface area contributed by atoms with Crippen LogP contribution in [-0.2, 0) is 52.8 Å². The maximum absolute atomic E-state index is 14.9. The van der Waals surface area contributed by atoms with Crippen molar-refractivity contribution in [2.45, 2.75) is 116 Å². The van der Waals surface area contributed by atoms with E-state index in [1.165, 1.54) is 21.2 Å². The number of rotatable bonds is 12. The van der Waals surface area contributed by atoms with Crippen molar-refractivity contribution in [3.63, 3.8) is 0 Å². The molecule has 2 aromatic carbocycles. The average Bonchev–Trinajstić information content (AvgIpc) is 4.17. The van der Waals surface area contributed by atoms with E-state index in [1.807, 2.05) is 62.7 Å². The quantitative estimate of drug-likeness (QED) is 0.123. The Balaban J connectivity index is 1.10. The summed E-state index contributed by atoms with van der Waals surface area (Å²) >= 11 is 1.43. The monoisotopic (exact) mass is 1030 g/mol. The fourth-order valence-corrected chi connectivity index (χ4v) is 12.4. The second-order valence-electron chi connectivity index (χ2n) is 22.0. The van der Waals surface area contributed by atoms with Crippen LogP contribution in [0.15, 0.2) is 66.2 Å². The summed E-state index contributed by atoms with van der Waals surface area (Å²) in [7, 11) is 5.53. The molecule has 0 spiro atoms. The number of thiazole rings is 1. The van der Waals surface area contributed by atoms with Gasteiger partial charge in [-0.15, -0.1) is 11.3 Å². The molecule has 0 aliphatic carbocycles. The first-order valence-corrected chi connectivity index (χ1v) is 27.4. The number of benzene rings is 2. The number of amides is 3. The summed E-state index contributed by atoms with van der Waals surface area (Å²) < 4.78 is 21.1. The number of likely N-dealkylation sites (N-methyl/N-ethyl adjacent to an activating group) is 2. The van der Waals surface area contributed by atoms with Gasteiger partial charge in [0, 0.05) is 99.8 Å². The highest BCUT2D eigenvalue weighted by Crippen LogP contribution is 2.43. The van der Waals surface area contributed by atoms with E-state index in [2.05, 4.69) is 77.2 Å². The number of piperazine rings is 1. The molecular weight excluding hydrogens is 955 g/mol. The van der Waals surface area contributed by atoms with Gasteiger partial charge in [-0.1, -0.05) is 64.1 Å². The lowest BCUT2D eigenvalue weighted by Gasteiger charge is -2.42. The van der Waals surface area contributed by atoms with Gasteiger partial charge >= 0.3 is 0 Å². The zero-order valence-corrected chi connectivity index (χ0v) is 45.5. The molecule has 1 unspecified atom stereocenters. The fourth-order valence-electron chi connectivity index (χ4n) is 11.6. The van der Waals surface area contributed by atoms with Crippen LogP contribution in [0.5, 0.6) is 0 Å². The molecule has 17 heteroatoms. The van der Waals surface area contributed by atoms with Crippen molar-refractivity contribution in [3.8, 4) is 22.5 Å². The second kappa shape index (κ2) is 22.3. The first-order valence-electron chi connectivity index (χ1n) is 26.5. The Morgan fingerprint density at radius 3 is 2.54 bits per heavy atom. The number of anilines is 1. The van der Waals surface area contributed by atoms with E-state index in [4.69, 9.17) is 24.2 Å². The number of ether oxygens (including phenoxy) is 3. The summed E-state index contributed by atoms with van der Waals surface area (Å²) in [5.74, 6) is -1.62. The second-order valence-corrected chi connectivity index (χ2v) is 23.0. The largest absolute Gasteiger partial charge is 0.378 e. The van der Waals surface area contributed by atoms with Crippen molar-refractivity contribution in [1.82, 2.24) is 40.1 Å². The number of hydrazine groups is 1. The number of hydrogen-bond acceptors (Lipinski definition) is 13. The Labute approximate surface area is 440 Å². The number of hydrogen-bond donors (Lipinski definition) is 2. The minimum Gasteiger partial charge on any atom is -0.378 e. The van der Waals surface area contributed by atoms with Crippen LogP contribution in [0.25, 0.3) is 33.4 Å². The minimum absolute atomic E-state index is 0.0341. The summed E-state index contributed by atoms with van der Waals surface area (Å²) in [6.07, 6.45) is 4.22. The maximum atomic E-state index is 14.9. The third-order valence-corrected chi connectivity index (χ3v) is 16.6. The first kappa shape index (κ1) is 53.3. The van der Waals surface area contributed by atoms with E-state index in [1.54, 1.807) is 14.2 Å². The van der Waals surface area contributed by atoms with E-state index >= 15 is 0 Å². The molecule has 0 radical (unpaired) electrons. The van der Waals surface area contributed by atoms with Crippen LogP contribution in [0.1, 0.15) is 94.7 Å². The summed E-state index contributed by atoms with van der Waals surface area (Å²) in [5, 5.41) is 8.31. The summed E-state index contributed by atoms with van der Waals surface area (Å²) in [4.78, 5) is 73.9. The Hall–Kier alpha value is -5.56. The van der Waals surface area contributed by atoms with E-state index in [0.29, 0.717) is 57.0 Å². The lowest BCUT2D eigenvalue weighted by atomic mass is 9.84. The molecule has 6 bridgehead atoms. The molecule has 16 nitrogen and oxygen atoms in total. The van der Waals surface area contributed by atoms with Crippen molar-refractivity contribution in [1.29, 1.82) is 0 Å². The molecule has 3 amide bonds. The van der Waals surface area contributed by atoms with Gasteiger partial charge in [-0.05, 0) is 87.2 Å². The third-order valence-electron chi connectivity index (χ3n) is 15.7. The summed E-state index contributed by atoms with van der Waals surface area (Å²) in [5.41, 5.74) is 10.7. The number of pyridine rings is 1. The number of carbonyl (C=O) groups excluding carboxylic acids is 4. The van der Waals surface area contributed by atoms with Gasteiger partial charge in [0.2, 0.25) is 5.91 Å². The molecule has 0 saturated carbocycles. The van der Waals surface area contributed by atoms with Crippen LogP contribution in [0, 0.1) is 11.3 Å². The molecule has 3 saturated heterocycles. The zero-order valence-electron chi connectivity index (χ0n) is 44.7. The molecular formula is C57H75N9O7S. The number of aromatic nitrogens is 3. The molecule has 3 fully saturated rings. The van der Waals surface area contributed by atoms with Gasteiger partial charge in [0.15, 0.2) is 0 Å². The predicted octanol–water partition coefficient (Wildman–Crippen LogP) is 7.05. The molecule has 4 aliphatic heterocycles. The van der Waals surface area contributed by atoms with Gasteiger partial charge in [-0.25, -0.2) is 10.4 Å². The van der Waals surface area contributed by atoms with Gasteiger partial charge in [0.25, 0.3) is 11.8 Å². The van der Waals surface area contributed by atoms with Crippen LogP contribution in [0.2, 0.25) is 0 Å². The minimum atomic E-state index is -1.19. The number of nitrogens with zero attached hydrogens (tertiary/aromatic N) is 7. The highest BCUT2D eigenvalue weighted by Gasteiger charge is 2.44. The van der Waals surface area contributed by atoms with Gasteiger partial charge in [-0.3, -0.25) is 24.4 Å². The Morgan fingerprint density at radius 2 is 1.82 bits per heavy atom. The standard InChI is InChI=1S/C57H75N9O7S/c1-10-65-47-18-17-39-27-42(47)44(51(65)43-28-40(31-58-49(43)37(4)71-9)64-24-22-62(7)23-25-64)30-56(5,6)34-72-35-57(33-67)20-14-21-66(61-57)54(69)45(29-48-59-46(39)32-74-48)60-53(68)50(36(2)3)63(8)55(70)52-41(19-26-73-52)38-15-12-11-13-16-38/h11-13,15-18,27-28,31-33,36-37,41,45,50,52,61H,10,14,19-26,29-30,34-35H2,1-9H3,(H,60,68)/t37-,41+,45-,50-,52+,57?/m0/s1. The maximum Gasteiger partial charge on any atom is 0.259 e. The number of methoxy groups -OCH3 is 1. The summed E-state index contributed by atoms with van der Waals surface area (Å²) in [6.45, 7) is 18.0. The molecule has 3 aromatic heterocycles. The SMILES string of the molecule is CCn1c(-c2cc(N3CCN(C)CC3)cnc2[C@H](C)OC)c2c3cc(ccc31)-c1csc(n1)C[C@H](NC(=O)[C@H](C(C)C)N(C)C(=O)[C@@H]1OCC[C@@H]1c1ccccc1)C(=O)N1CCCC(C=O)(COCC(C)(C)C2)N1. The molecule has 7 heterocycles. The van der Waals surface area contributed by atoms with E-state index in [0.717, 1.165) is 88.4 Å². The molecule has 74 heavy (non-hydrogen) atoms. The smallest absolute Gasteiger partial charge is 0.259 e. The van der Waals surface area contributed by atoms with Crippen molar-refractivity contribution in [2.24, 2.45) is 11.3 Å². The lowest BCUT2D eigenvalue weighted by Crippen LogP contribution is -2.66. The highest BCUT2D eigenvalue weighted by molar-refractivity contribution is 7.10. The molecule has 6 atom stereocenters. The molecule has 5 aromatic rings. The van der Waals surface area contributed by atoms with Crippen LogP contribution >= 0.6 is 11.3 Å². The van der Waals surface area contributed by atoms with E-state index < -0.39 is 41.0 Å². The number of nitrogens with one attached hydrogen (secondary N) is 2. The molecule has 9 rings (SSSR count). The number of aryl methyl sites for hydroxylation is 1.